The molecular weight excluding hydrogens is 502 g/mol. The van der Waals surface area contributed by atoms with Gasteiger partial charge in [-0.3, -0.25) is 30.0 Å². The molecule has 1 saturated heterocycles. The lowest BCUT2D eigenvalue weighted by Crippen LogP contribution is -2.54. The van der Waals surface area contributed by atoms with Gasteiger partial charge in [0.05, 0.1) is 28.3 Å². The average Bonchev–Trinajstić information content (AvgIpc) is 3.56. The van der Waals surface area contributed by atoms with Crippen molar-refractivity contribution in [3.8, 4) is 0 Å². The topological polar surface area (TPSA) is 167 Å². The van der Waals surface area contributed by atoms with E-state index in [4.69, 9.17) is 16.9 Å². The SMILES string of the molecule is N=C(N)NCCC[C@@H](C(=O)c1nc2ccccc2s1)N1CCC[C@H]1C(=O)NC(=O)[C@H](N)Cc1ccccc1. The number of carbonyl (C=O) groups is 3. The molecule has 2 heterocycles. The van der Waals surface area contributed by atoms with Gasteiger partial charge in [0.1, 0.15) is 0 Å². The van der Waals surface area contributed by atoms with E-state index in [2.05, 4.69) is 15.6 Å². The summed E-state index contributed by atoms with van der Waals surface area (Å²) in [7, 11) is 0. The van der Waals surface area contributed by atoms with Crippen LogP contribution < -0.4 is 22.1 Å². The summed E-state index contributed by atoms with van der Waals surface area (Å²) in [5.74, 6) is -1.27. The second-order valence-electron chi connectivity index (χ2n) is 9.40. The molecule has 4 rings (SSSR count). The summed E-state index contributed by atoms with van der Waals surface area (Å²) < 4.78 is 0.918. The van der Waals surface area contributed by atoms with Gasteiger partial charge in [-0.2, -0.15) is 0 Å². The van der Waals surface area contributed by atoms with Crippen molar-refractivity contribution < 1.29 is 14.4 Å². The average molecular weight is 536 g/mol. The zero-order chi connectivity index (χ0) is 27.1. The molecule has 0 radical (unpaired) electrons. The molecule has 3 atom stereocenters. The molecule has 0 unspecified atom stereocenters. The number of guanidine groups is 1. The molecule has 1 fully saturated rings. The number of nitrogens with two attached hydrogens (primary N) is 2. The molecule has 0 spiro atoms. The Morgan fingerprint density at radius 3 is 2.61 bits per heavy atom. The van der Waals surface area contributed by atoms with Crippen molar-refractivity contribution in [1.82, 2.24) is 20.5 Å². The van der Waals surface area contributed by atoms with E-state index in [1.54, 1.807) is 0 Å². The van der Waals surface area contributed by atoms with Crippen LogP contribution in [0.5, 0.6) is 0 Å². The second kappa shape index (κ2) is 12.7. The van der Waals surface area contributed by atoms with Crippen molar-refractivity contribution in [2.24, 2.45) is 11.5 Å². The first-order valence-corrected chi connectivity index (χ1v) is 13.5. The number of ketones is 1. The number of thiazole rings is 1. The minimum atomic E-state index is -0.867. The molecule has 2 aromatic carbocycles. The van der Waals surface area contributed by atoms with E-state index in [1.165, 1.54) is 11.3 Å². The standard InChI is InChI=1S/C27H33N7O3S/c28-18(16-17-8-2-1-3-9-17)24(36)33-25(37)21-12-7-15-34(21)20(11-6-14-31-27(29)30)23(35)26-32-19-10-4-5-13-22(19)38-26/h1-5,8-10,13,18,20-21H,6-7,11-12,14-16,28H2,(H4,29,30,31)(H,33,36,37)/t18-,20+,21+/m1/s1. The molecule has 200 valence electrons. The van der Waals surface area contributed by atoms with Crippen LogP contribution in [0.1, 0.15) is 41.0 Å². The number of hydrogen-bond donors (Lipinski definition) is 5. The maximum atomic E-state index is 13.7. The van der Waals surface area contributed by atoms with E-state index in [1.807, 2.05) is 59.5 Å². The first-order chi connectivity index (χ1) is 18.3. The van der Waals surface area contributed by atoms with Crippen molar-refractivity contribution in [1.29, 1.82) is 5.41 Å². The number of imide groups is 1. The molecule has 2 amide bonds. The maximum Gasteiger partial charge on any atom is 0.243 e. The number of carbonyl (C=O) groups excluding carboxylic acids is 3. The van der Waals surface area contributed by atoms with Crippen LogP contribution in [0.15, 0.2) is 54.6 Å². The lowest BCUT2D eigenvalue weighted by molar-refractivity contribution is -0.134. The Kier molecular flexibility index (Phi) is 9.16. The number of benzene rings is 2. The van der Waals surface area contributed by atoms with Gasteiger partial charge in [0.25, 0.3) is 0 Å². The van der Waals surface area contributed by atoms with Crippen molar-refractivity contribution in [3.63, 3.8) is 0 Å². The van der Waals surface area contributed by atoms with E-state index >= 15 is 0 Å². The zero-order valence-electron chi connectivity index (χ0n) is 21.1. The number of fused-ring (bicyclic) bond motifs is 1. The summed E-state index contributed by atoms with van der Waals surface area (Å²) in [4.78, 5) is 46.1. The maximum absolute atomic E-state index is 13.7. The largest absolute Gasteiger partial charge is 0.370 e. The number of Topliss-reactive ketones (excluding diaryl/α,β-unsaturated/α-hetero) is 1. The van der Waals surface area contributed by atoms with Crippen LogP contribution in [0.2, 0.25) is 0 Å². The molecule has 1 aromatic heterocycles. The Labute approximate surface area is 225 Å². The normalized spacial score (nSPS) is 17.1. The van der Waals surface area contributed by atoms with Crippen molar-refractivity contribution in [2.75, 3.05) is 13.1 Å². The van der Waals surface area contributed by atoms with Gasteiger partial charge in [0, 0.05) is 6.54 Å². The molecule has 0 bridgehead atoms. The third kappa shape index (κ3) is 6.80. The van der Waals surface area contributed by atoms with E-state index in [0.29, 0.717) is 43.8 Å². The summed E-state index contributed by atoms with van der Waals surface area (Å²) in [5, 5.41) is 13.0. The third-order valence-electron chi connectivity index (χ3n) is 6.66. The first-order valence-electron chi connectivity index (χ1n) is 12.7. The first kappa shape index (κ1) is 27.4. The molecule has 38 heavy (non-hydrogen) atoms. The molecule has 7 N–H and O–H groups in total. The fraction of sp³-hybridized carbons (Fsp3) is 0.370. The smallest absolute Gasteiger partial charge is 0.243 e. The Balaban J connectivity index is 1.47. The molecule has 1 aliphatic rings. The lowest BCUT2D eigenvalue weighted by Gasteiger charge is -2.31. The van der Waals surface area contributed by atoms with Crippen LogP contribution in [0.4, 0.5) is 0 Å². The fourth-order valence-corrected chi connectivity index (χ4v) is 5.74. The van der Waals surface area contributed by atoms with E-state index in [9.17, 15) is 14.4 Å². The van der Waals surface area contributed by atoms with E-state index in [-0.39, 0.29) is 11.7 Å². The van der Waals surface area contributed by atoms with Crippen molar-refractivity contribution >= 4 is 45.1 Å². The Bertz CT molecular complexity index is 1260. The van der Waals surface area contributed by atoms with Gasteiger partial charge in [0.2, 0.25) is 17.6 Å². The number of amides is 2. The number of para-hydroxylation sites is 1. The highest BCUT2D eigenvalue weighted by atomic mass is 32.1. The van der Waals surface area contributed by atoms with Crippen LogP contribution >= 0.6 is 11.3 Å². The van der Waals surface area contributed by atoms with Gasteiger partial charge in [0.15, 0.2) is 11.0 Å². The summed E-state index contributed by atoms with van der Waals surface area (Å²) in [6, 6.07) is 14.9. The van der Waals surface area contributed by atoms with Gasteiger partial charge in [-0.1, -0.05) is 42.5 Å². The Hall–Kier alpha value is -3.67. The number of nitrogens with one attached hydrogen (secondary N) is 3. The zero-order valence-corrected chi connectivity index (χ0v) is 21.9. The molecule has 10 nitrogen and oxygen atoms in total. The van der Waals surface area contributed by atoms with Crippen LogP contribution in [0.3, 0.4) is 0 Å². The lowest BCUT2D eigenvalue weighted by atomic mass is 10.0. The van der Waals surface area contributed by atoms with E-state index in [0.717, 1.165) is 22.2 Å². The predicted molar refractivity (Wildman–Crippen MR) is 148 cm³/mol. The second-order valence-corrected chi connectivity index (χ2v) is 10.4. The van der Waals surface area contributed by atoms with Gasteiger partial charge in [-0.05, 0) is 56.3 Å². The number of hydrogen-bond acceptors (Lipinski definition) is 8. The van der Waals surface area contributed by atoms with Gasteiger partial charge < -0.3 is 16.8 Å². The molecule has 1 aliphatic heterocycles. The van der Waals surface area contributed by atoms with Crippen LogP contribution in [0.25, 0.3) is 10.2 Å². The summed E-state index contributed by atoms with van der Waals surface area (Å²) in [6.07, 6.45) is 2.57. The van der Waals surface area contributed by atoms with Crippen LogP contribution in [-0.2, 0) is 16.0 Å². The Morgan fingerprint density at radius 1 is 1.13 bits per heavy atom. The molecule has 11 heteroatoms. The molecular formula is C27H33N7O3S. The Morgan fingerprint density at radius 2 is 1.87 bits per heavy atom. The monoisotopic (exact) mass is 535 g/mol. The van der Waals surface area contributed by atoms with Gasteiger partial charge in [-0.15, -0.1) is 11.3 Å². The number of rotatable bonds is 11. The number of aromatic nitrogens is 1. The third-order valence-corrected chi connectivity index (χ3v) is 7.71. The quantitative estimate of drug-likeness (QED) is 0.107. The van der Waals surface area contributed by atoms with Crippen LogP contribution in [-0.4, -0.2) is 64.7 Å². The van der Waals surface area contributed by atoms with E-state index < -0.39 is 29.9 Å². The summed E-state index contributed by atoms with van der Waals surface area (Å²) in [6.45, 7) is 0.972. The number of nitrogens with zero attached hydrogens (tertiary/aromatic N) is 2. The van der Waals surface area contributed by atoms with Crippen molar-refractivity contribution in [3.05, 3.63) is 65.2 Å². The van der Waals surface area contributed by atoms with Gasteiger partial charge in [-0.25, -0.2) is 4.98 Å². The summed E-state index contributed by atoms with van der Waals surface area (Å²) in [5.41, 5.74) is 13.1. The van der Waals surface area contributed by atoms with Crippen LogP contribution in [0, 0.1) is 5.41 Å². The minimum absolute atomic E-state index is 0.136. The summed E-state index contributed by atoms with van der Waals surface area (Å²) >= 11 is 1.33. The van der Waals surface area contributed by atoms with Gasteiger partial charge >= 0.3 is 0 Å². The molecule has 0 saturated carbocycles. The molecule has 0 aliphatic carbocycles. The molecule has 3 aromatic rings. The highest BCUT2D eigenvalue weighted by Gasteiger charge is 2.40. The van der Waals surface area contributed by atoms with Crippen molar-refractivity contribution in [2.45, 2.75) is 50.2 Å². The highest BCUT2D eigenvalue weighted by Crippen LogP contribution is 2.28. The predicted octanol–water partition coefficient (Wildman–Crippen LogP) is 1.79. The fourth-order valence-electron chi connectivity index (χ4n) is 4.79. The number of likely N-dealkylation sites (tertiary alicyclic amines) is 1. The highest BCUT2D eigenvalue weighted by molar-refractivity contribution is 7.20. The minimum Gasteiger partial charge on any atom is -0.370 e.